The van der Waals surface area contributed by atoms with Crippen molar-refractivity contribution in [2.24, 2.45) is 11.8 Å². The first kappa shape index (κ1) is 13.0. The summed E-state index contributed by atoms with van der Waals surface area (Å²) in [7, 11) is -3.74. The van der Waals surface area contributed by atoms with Crippen molar-refractivity contribution in [2.75, 3.05) is 5.75 Å². The van der Waals surface area contributed by atoms with Gasteiger partial charge < -0.3 is 0 Å². The minimum absolute atomic E-state index is 0.0753. The molecule has 0 unspecified atom stereocenters. The fourth-order valence-electron chi connectivity index (χ4n) is 2.51. The van der Waals surface area contributed by atoms with E-state index in [4.69, 9.17) is 4.55 Å². The SMILES string of the molecule is C[C@H]1CCCC[C@H]1CCCCS(=O)(=O)O. The summed E-state index contributed by atoms with van der Waals surface area (Å²) in [6.45, 7) is 2.30. The van der Waals surface area contributed by atoms with Crippen molar-refractivity contribution in [3.05, 3.63) is 0 Å². The van der Waals surface area contributed by atoms with Crippen molar-refractivity contribution in [1.29, 1.82) is 0 Å². The average Bonchev–Trinajstić information content (AvgIpc) is 2.13. The number of hydrogen-bond donors (Lipinski definition) is 1. The van der Waals surface area contributed by atoms with Crippen LogP contribution in [0, 0.1) is 11.8 Å². The summed E-state index contributed by atoms with van der Waals surface area (Å²) in [4.78, 5) is 0. The molecule has 0 amide bonds. The molecule has 0 aromatic carbocycles. The Bertz CT molecular complexity index is 272. The van der Waals surface area contributed by atoms with Gasteiger partial charge in [0.25, 0.3) is 10.1 Å². The van der Waals surface area contributed by atoms with Crippen LogP contribution in [0.1, 0.15) is 51.9 Å². The summed E-state index contributed by atoms with van der Waals surface area (Å²) in [6, 6.07) is 0. The van der Waals surface area contributed by atoms with Gasteiger partial charge in [0.15, 0.2) is 0 Å². The minimum atomic E-state index is -3.74. The highest BCUT2D eigenvalue weighted by atomic mass is 32.2. The Kier molecular flexibility index (Phi) is 5.06. The van der Waals surface area contributed by atoms with Gasteiger partial charge in [0.2, 0.25) is 0 Å². The molecule has 0 spiro atoms. The fourth-order valence-corrected chi connectivity index (χ4v) is 3.08. The van der Waals surface area contributed by atoms with Crippen LogP contribution >= 0.6 is 0 Å². The molecule has 0 heterocycles. The molecule has 1 aliphatic rings. The molecule has 3 nitrogen and oxygen atoms in total. The molecular formula is C11H22O3S. The Morgan fingerprint density at radius 2 is 1.87 bits per heavy atom. The highest BCUT2D eigenvalue weighted by molar-refractivity contribution is 7.85. The molecule has 1 fully saturated rings. The Labute approximate surface area is 93.0 Å². The smallest absolute Gasteiger partial charge is 0.264 e. The largest absolute Gasteiger partial charge is 0.286 e. The van der Waals surface area contributed by atoms with Crippen molar-refractivity contribution in [1.82, 2.24) is 0 Å². The van der Waals surface area contributed by atoms with E-state index in [1.807, 2.05) is 0 Å². The van der Waals surface area contributed by atoms with E-state index in [1.54, 1.807) is 0 Å². The zero-order chi connectivity index (χ0) is 11.3. The maximum Gasteiger partial charge on any atom is 0.264 e. The fraction of sp³-hybridized carbons (Fsp3) is 1.00. The summed E-state index contributed by atoms with van der Waals surface area (Å²) in [5, 5.41) is 0. The Balaban J connectivity index is 2.14. The van der Waals surface area contributed by atoms with Crippen molar-refractivity contribution in [3.63, 3.8) is 0 Å². The van der Waals surface area contributed by atoms with E-state index in [2.05, 4.69) is 6.92 Å². The van der Waals surface area contributed by atoms with Crippen LogP contribution in [0.4, 0.5) is 0 Å². The van der Waals surface area contributed by atoms with E-state index in [0.29, 0.717) is 6.42 Å². The number of unbranched alkanes of at least 4 members (excludes halogenated alkanes) is 1. The lowest BCUT2D eigenvalue weighted by molar-refractivity contribution is 0.237. The molecule has 90 valence electrons. The van der Waals surface area contributed by atoms with E-state index in [9.17, 15) is 8.42 Å². The van der Waals surface area contributed by atoms with Crippen LogP contribution in [0.2, 0.25) is 0 Å². The molecule has 1 N–H and O–H groups in total. The molecule has 0 saturated heterocycles. The second-order valence-electron chi connectivity index (χ2n) is 4.80. The third kappa shape index (κ3) is 5.52. The molecule has 1 saturated carbocycles. The maximum atomic E-state index is 10.5. The molecule has 1 aliphatic carbocycles. The summed E-state index contributed by atoms with van der Waals surface area (Å²) in [5.41, 5.74) is 0. The molecule has 0 aromatic heterocycles. The summed E-state index contributed by atoms with van der Waals surface area (Å²) >= 11 is 0. The first-order valence-corrected chi connectivity index (χ1v) is 7.55. The van der Waals surface area contributed by atoms with Gasteiger partial charge in [-0.15, -0.1) is 0 Å². The van der Waals surface area contributed by atoms with Crippen LogP contribution < -0.4 is 0 Å². The molecule has 1 rings (SSSR count). The van der Waals surface area contributed by atoms with E-state index < -0.39 is 10.1 Å². The van der Waals surface area contributed by atoms with E-state index >= 15 is 0 Å². The molecule has 0 aromatic rings. The molecule has 4 heteroatoms. The lowest BCUT2D eigenvalue weighted by atomic mass is 9.78. The van der Waals surface area contributed by atoms with Crippen molar-refractivity contribution < 1.29 is 13.0 Å². The van der Waals surface area contributed by atoms with E-state index in [-0.39, 0.29) is 5.75 Å². The van der Waals surface area contributed by atoms with Gasteiger partial charge in [-0.05, 0) is 18.3 Å². The Morgan fingerprint density at radius 3 is 2.47 bits per heavy atom. The highest BCUT2D eigenvalue weighted by Crippen LogP contribution is 2.32. The lowest BCUT2D eigenvalue weighted by Crippen LogP contribution is -2.16. The molecule has 0 aliphatic heterocycles. The Morgan fingerprint density at radius 1 is 1.20 bits per heavy atom. The van der Waals surface area contributed by atoms with Crippen molar-refractivity contribution >= 4 is 10.1 Å². The van der Waals surface area contributed by atoms with Gasteiger partial charge in [-0.2, -0.15) is 8.42 Å². The van der Waals surface area contributed by atoms with Gasteiger partial charge in [-0.25, -0.2) is 0 Å². The minimum Gasteiger partial charge on any atom is -0.286 e. The maximum absolute atomic E-state index is 10.5. The molecule has 0 bridgehead atoms. The third-order valence-corrected chi connectivity index (χ3v) is 4.32. The van der Waals surface area contributed by atoms with Crippen LogP contribution in [0.5, 0.6) is 0 Å². The quantitative estimate of drug-likeness (QED) is 0.588. The van der Waals surface area contributed by atoms with E-state index in [0.717, 1.165) is 24.7 Å². The molecule has 2 atom stereocenters. The predicted molar refractivity (Wildman–Crippen MR) is 61.4 cm³/mol. The first-order chi connectivity index (χ1) is 6.99. The van der Waals surface area contributed by atoms with Crippen LogP contribution in [-0.2, 0) is 10.1 Å². The second-order valence-corrected chi connectivity index (χ2v) is 6.38. The van der Waals surface area contributed by atoms with Crippen LogP contribution in [-0.4, -0.2) is 18.7 Å². The summed E-state index contributed by atoms with van der Waals surface area (Å²) in [5.74, 6) is 1.50. The summed E-state index contributed by atoms with van der Waals surface area (Å²) < 4.78 is 29.6. The van der Waals surface area contributed by atoms with Crippen molar-refractivity contribution in [3.8, 4) is 0 Å². The Hall–Kier alpha value is -0.0900. The third-order valence-electron chi connectivity index (χ3n) is 3.52. The van der Waals surface area contributed by atoms with Gasteiger partial charge in [0.05, 0.1) is 5.75 Å². The topological polar surface area (TPSA) is 54.4 Å². The van der Waals surface area contributed by atoms with Crippen LogP contribution in [0.15, 0.2) is 0 Å². The van der Waals surface area contributed by atoms with Gasteiger partial charge in [-0.3, -0.25) is 4.55 Å². The van der Waals surface area contributed by atoms with Crippen LogP contribution in [0.25, 0.3) is 0 Å². The van der Waals surface area contributed by atoms with Gasteiger partial charge in [0.1, 0.15) is 0 Å². The zero-order valence-corrected chi connectivity index (χ0v) is 10.3. The van der Waals surface area contributed by atoms with Gasteiger partial charge in [0, 0.05) is 0 Å². The van der Waals surface area contributed by atoms with E-state index in [1.165, 1.54) is 25.7 Å². The molecule has 15 heavy (non-hydrogen) atoms. The number of rotatable bonds is 5. The van der Waals surface area contributed by atoms with Gasteiger partial charge >= 0.3 is 0 Å². The lowest BCUT2D eigenvalue weighted by Gasteiger charge is -2.28. The standard InChI is InChI=1S/C11H22O3S/c1-10-6-2-3-7-11(10)8-4-5-9-15(12,13)14/h10-11H,2-9H2,1H3,(H,12,13,14)/t10-,11-/m0/s1. The molecular weight excluding hydrogens is 212 g/mol. The monoisotopic (exact) mass is 234 g/mol. The number of hydrogen-bond acceptors (Lipinski definition) is 2. The molecule has 0 radical (unpaired) electrons. The predicted octanol–water partition coefficient (Wildman–Crippen LogP) is 2.87. The van der Waals surface area contributed by atoms with Crippen LogP contribution in [0.3, 0.4) is 0 Å². The second kappa shape index (κ2) is 5.85. The van der Waals surface area contributed by atoms with Crippen molar-refractivity contribution in [2.45, 2.75) is 51.9 Å². The average molecular weight is 234 g/mol. The summed E-state index contributed by atoms with van der Waals surface area (Å²) in [6.07, 6.45) is 7.94. The zero-order valence-electron chi connectivity index (χ0n) is 9.48. The highest BCUT2D eigenvalue weighted by Gasteiger charge is 2.20. The first-order valence-electron chi connectivity index (χ1n) is 5.94. The van der Waals surface area contributed by atoms with Gasteiger partial charge in [-0.1, -0.05) is 45.4 Å². The normalized spacial score (nSPS) is 27.9.